The first-order chi connectivity index (χ1) is 14.4. The lowest BCUT2D eigenvalue weighted by molar-refractivity contribution is -0.123. The first-order valence-corrected chi connectivity index (χ1v) is 10.1. The Morgan fingerprint density at radius 3 is 2.13 bits per heavy atom. The number of carbonyl (C=O) groups excluding carboxylic acids is 3. The molecule has 1 saturated heterocycles. The summed E-state index contributed by atoms with van der Waals surface area (Å²) in [6, 6.07) is 12.3. The van der Waals surface area contributed by atoms with Gasteiger partial charge >= 0.3 is 5.97 Å². The van der Waals surface area contributed by atoms with Gasteiger partial charge in [0.05, 0.1) is 23.1 Å². The fraction of sp³-hybridized carbons (Fsp3) is 0.304. The number of hydrogen-bond donors (Lipinski definition) is 2. The average molecular weight is 404 g/mol. The number of carboxylic acids is 1. The minimum absolute atomic E-state index is 0.0775. The Labute approximate surface area is 172 Å². The molecule has 7 heteroatoms. The molecule has 30 heavy (non-hydrogen) atoms. The van der Waals surface area contributed by atoms with Gasteiger partial charge in [0.15, 0.2) is 0 Å². The Morgan fingerprint density at radius 1 is 0.900 bits per heavy atom. The Balaban J connectivity index is 1.33. The second kappa shape index (κ2) is 6.79. The van der Waals surface area contributed by atoms with Crippen LogP contribution in [0.1, 0.15) is 40.0 Å². The van der Waals surface area contributed by atoms with Gasteiger partial charge < -0.3 is 10.4 Å². The van der Waals surface area contributed by atoms with Crippen LogP contribution in [0.3, 0.4) is 0 Å². The highest BCUT2D eigenvalue weighted by molar-refractivity contribution is 6.22. The molecule has 0 unspecified atom stereocenters. The molecule has 4 atom stereocenters. The third kappa shape index (κ3) is 2.81. The number of aromatic carboxylic acids is 1. The number of nitrogens with one attached hydrogen (secondary N) is 1. The van der Waals surface area contributed by atoms with Gasteiger partial charge in [-0.3, -0.25) is 19.3 Å². The highest BCUT2D eigenvalue weighted by Crippen LogP contribution is 2.56. The second-order valence-corrected chi connectivity index (χ2v) is 8.28. The van der Waals surface area contributed by atoms with Gasteiger partial charge in [0.1, 0.15) is 0 Å². The van der Waals surface area contributed by atoms with E-state index in [1.54, 1.807) is 36.4 Å². The van der Waals surface area contributed by atoms with Gasteiger partial charge in [-0.1, -0.05) is 6.07 Å². The van der Waals surface area contributed by atoms with Crippen LogP contribution in [0.4, 0.5) is 11.4 Å². The van der Waals surface area contributed by atoms with Crippen molar-refractivity contribution in [3.63, 3.8) is 0 Å². The minimum atomic E-state index is -1.08. The van der Waals surface area contributed by atoms with Crippen molar-refractivity contribution in [3.05, 3.63) is 59.7 Å². The second-order valence-electron chi connectivity index (χ2n) is 8.28. The minimum Gasteiger partial charge on any atom is -0.478 e. The normalized spacial score (nSPS) is 26.7. The third-order valence-electron chi connectivity index (χ3n) is 6.68. The summed E-state index contributed by atoms with van der Waals surface area (Å²) in [6.07, 6.45) is 3.05. The van der Waals surface area contributed by atoms with E-state index >= 15 is 0 Å². The van der Waals surface area contributed by atoms with E-state index in [4.69, 9.17) is 5.11 Å². The summed E-state index contributed by atoms with van der Waals surface area (Å²) in [5.41, 5.74) is 1.29. The molecule has 3 fully saturated rings. The van der Waals surface area contributed by atoms with Crippen LogP contribution < -0.4 is 10.2 Å². The molecule has 3 aliphatic rings. The van der Waals surface area contributed by atoms with Crippen LogP contribution in [0, 0.1) is 23.7 Å². The molecule has 0 aromatic heterocycles. The summed E-state index contributed by atoms with van der Waals surface area (Å²) in [5, 5.41) is 11.7. The van der Waals surface area contributed by atoms with Crippen molar-refractivity contribution in [2.75, 3.05) is 10.2 Å². The molecule has 152 valence electrons. The SMILES string of the molecule is O=C(O)c1cccc(NC(=O)c2ccc(N3C(=O)[C@@H]4[C@H]5CC[C@@H](C5)[C@@H]4C3=O)cc2)c1. The van der Waals surface area contributed by atoms with Crippen molar-refractivity contribution in [1.82, 2.24) is 0 Å². The van der Waals surface area contributed by atoms with Crippen LogP contribution in [0.25, 0.3) is 0 Å². The number of benzene rings is 2. The van der Waals surface area contributed by atoms with E-state index in [9.17, 15) is 19.2 Å². The summed E-state index contributed by atoms with van der Waals surface area (Å²) in [6.45, 7) is 0. The van der Waals surface area contributed by atoms with Gasteiger partial charge in [0.2, 0.25) is 11.8 Å². The molecule has 5 rings (SSSR count). The van der Waals surface area contributed by atoms with E-state index in [2.05, 4.69) is 5.32 Å². The molecule has 2 aromatic carbocycles. The summed E-state index contributed by atoms with van der Waals surface area (Å²) >= 11 is 0. The van der Waals surface area contributed by atoms with Crippen molar-refractivity contribution in [2.45, 2.75) is 19.3 Å². The summed E-state index contributed by atoms with van der Waals surface area (Å²) in [7, 11) is 0. The van der Waals surface area contributed by atoms with Crippen molar-refractivity contribution in [2.24, 2.45) is 23.7 Å². The fourth-order valence-electron chi connectivity index (χ4n) is 5.36. The smallest absolute Gasteiger partial charge is 0.335 e. The number of fused-ring (bicyclic) bond motifs is 5. The zero-order valence-electron chi connectivity index (χ0n) is 16.1. The van der Waals surface area contributed by atoms with E-state index in [1.807, 2.05) is 0 Å². The standard InChI is InChI=1S/C23H20N2O5/c26-20(24-16-3-1-2-15(11-16)23(29)30)12-6-8-17(9-7-12)25-21(27)18-13-4-5-14(10-13)19(18)22(25)28/h1-3,6-9,11,13-14,18-19H,4-5,10H2,(H,24,26)(H,29,30)/t13-,14-,18-,19+/m0/s1. The Kier molecular flexibility index (Phi) is 4.20. The van der Waals surface area contributed by atoms with Crippen molar-refractivity contribution in [1.29, 1.82) is 0 Å². The van der Waals surface area contributed by atoms with Gasteiger partial charge in [0.25, 0.3) is 5.91 Å². The number of anilines is 2. The maximum Gasteiger partial charge on any atom is 0.335 e. The molecule has 2 aliphatic carbocycles. The summed E-state index contributed by atoms with van der Waals surface area (Å²) in [5.74, 6) is -1.41. The molecule has 0 radical (unpaired) electrons. The van der Waals surface area contributed by atoms with Gasteiger partial charge in [0, 0.05) is 11.3 Å². The number of carbonyl (C=O) groups is 4. The van der Waals surface area contributed by atoms with Gasteiger partial charge in [-0.15, -0.1) is 0 Å². The van der Waals surface area contributed by atoms with Crippen LogP contribution in [0.5, 0.6) is 0 Å². The quantitative estimate of drug-likeness (QED) is 0.762. The Morgan fingerprint density at radius 2 is 1.53 bits per heavy atom. The first kappa shape index (κ1) is 18.5. The van der Waals surface area contributed by atoms with Crippen LogP contribution in [-0.2, 0) is 9.59 Å². The molecule has 1 heterocycles. The lowest BCUT2D eigenvalue weighted by Gasteiger charge is -2.19. The molecule has 2 N–H and O–H groups in total. The number of carboxylic acid groups (broad SMARTS) is 1. The van der Waals surface area contributed by atoms with E-state index in [-0.39, 0.29) is 29.2 Å². The van der Waals surface area contributed by atoms with Gasteiger partial charge in [-0.05, 0) is 73.6 Å². The number of rotatable bonds is 4. The fourth-order valence-corrected chi connectivity index (χ4v) is 5.36. The molecule has 2 bridgehead atoms. The maximum absolute atomic E-state index is 12.9. The number of amides is 3. The predicted molar refractivity (Wildman–Crippen MR) is 108 cm³/mol. The molecular weight excluding hydrogens is 384 g/mol. The highest BCUT2D eigenvalue weighted by Gasteiger charge is 2.61. The van der Waals surface area contributed by atoms with Crippen molar-refractivity contribution < 1.29 is 24.3 Å². The lowest BCUT2D eigenvalue weighted by atomic mass is 9.81. The first-order valence-electron chi connectivity index (χ1n) is 10.1. The number of nitrogens with zero attached hydrogens (tertiary/aromatic N) is 1. The highest BCUT2D eigenvalue weighted by atomic mass is 16.4. The van der Waals surface area contributed by atoms with Crippen LogP contribution in [0.2, 0.25) is 0 Å². The lowest BCUT2D eigenvalue weighted by Crippen LogP contribution is -2.32. The van der Waals surface area contributed by atoms with E-state index in [1.165, 1.54) is 17.0 Å². The molecule has 7 nitrogen and oxygen atoms in total. The Hall–Kier alpha value is -3.48. The zero-order valence-corrected chi connectivity index (χ0v) is 16.1. The van der Waals surface area contributed by atoms with Crippen molar-refractivity contribution in [3.8, 4) is 0 Å². The molecular formula is C23H20N2O5. The van der Waals surface area contributed by atoms with E-state index in [0.29, 0.717) is 28.8 Å². The zero-order chi connectivity index (χ0) is 21.0. The summed E-state index contributed by atoms with van der Waals surface area (Å²) < 4.78 is 0. The van der Waals surface area contributed by atoms with Crippen LogP contribution in [0.15, 0.2) is 48.5 Å². The maximum atomic E-state index is 12.9. The van der Waals surface area contributed by atoms with Crippen LogP contribution in [-0.4, -0.2) is 28.8 Å². The molecule has 0 spiro atoms. The number of imide groups is 1. The topological polar surface area (TPSA) is 104 Å². The predicted octanol–water partition coefficient (Wildman–Crippen LogP) is 3.17. The molecule has 3 amide bonds. The van der Waals surface area contributed by atoms with E-state index in [0.717, 1.165) is 19.3 Å². The monoisotopic (exact) mass is 404 g/mol. The third-order valence-corrected chi connectivity index (χ3v) is 6.68. The molecule has 2 aromatic rings. The molecule has 1 aliphatic heterocycles. The van der Waals surface area contributed by atoms with Crippen molar-refractivity contribution >= 4 is 35.1 Å². The average Bonchev–Trinajstić information content (AvgIpc) is 3.42. The largest absolute Gasteiger partial charge is 0.478 e. The Bertz CT molecular complexity index is 1050. The van der Waals surface area contributed by atoms with Crippen LogP contribution >= 0.6 is 0 Å². The molecule has 2 saturated carbocycles. The number of hydrogen-bond acceptors (Lipinski definition) is 4. The van der Waals surface area contributed by atoms with Gasteiger partial charge in [-0.2, -0.15) is 0 Å². The van der Waals surface area contributed by atoms with E-state index < -0.39 is 11.9 Å². The van der Waals surface area contributed by atoms with Gasteiger partial charge in [-0.25, -0.2) is 4.79 Å². The summed E-state index contributed by atoms with van der Waals surface area (Å²) in [4.78, 5) is 50.7.